The molecule has 134 valence electrons. The van der Waals surface area contributed by atoms with Gasteiger partial charge in [-0.2, -0.15) is 0 Å². The van der Waals surface area contributed by atoms with Crippen LogP contribution in [0.15, 0.2) is 60.3 Å². The zero-order valence-corrected chi connectivity index (χ0v) is 14.2. The lowest BCUT2D eigenvalue weighted by Crippen LogP contribution is -2.15. The van der Waals surface area contributed by atoms with Crippen LogP contribution in [0.4, 0.5) is 5.69 Å². The van der Waals surface area contributed by atoms with Gasteiger partial charge in [0.15, 0.2) is 0 Å². The number of carboxylic acids is 1. The number of aromatic carboxylic acids is 1. The average Bonchev–Trinajstić information content (AvgIpc) is 2.66. The van der Waals surface area contributed by atoms with Crippen LogP contribution in [-0.4, -0.2) is 37.2 Å². The van der Waals surface area contributed by atoms with Gasteiger partial charge in [0.05, 0.1) is 25.9 Å². The summed E-state index contributed by atoms with van der Waals surface area (Å²) in [6.45, 7) is 0. The van der Waals surface area contributed by atoms with E-state index < -0.39 is 17.9 Å². The summed E-state index contributed by atoms with van der Waals surface area (Å²) in [5.74, 6) is -2.50. The van der Waals surface area contributed by atoms with Gasteiger partial charge in [-0.05, 0) is 29.3 Å². The van der Waals surface area contributed by atoms with Crippen LogP contribution in [0, 0.1) is 0 Å². The molecule has 7 heteroatoms. The number of carboxylic acid groups (broad SMARTS) is 1. The van der Waals surface area contributed by atoms with Crippen molar-refractivity contribution in [1.82, 2.24) is 0 Å². The van der Waals surface area contributed by atoms with E-state index in [4.69, 9.17) is 0 Å². The third-order valence-electron chi connectivity index (χ3n) is 3.48. The Bertz CT molecular complexity index is 872. The number of hydrogen-bond acceptors (Lipinski definition) is 6. The molecule has 0 spiro atoms. The maximum atomic E-state index is 11.8. The molecule has 7 nitrogen and oxygen atoms in total. The van der Waals surface area contributed by atoms with Crippen molar-refractivity contribution in [3.63, 3.8) is 0 Å². The van der Waals surface area contributed by atoms with Gasteiger partial charge >= 0.3 is 17.9 Å². The number of nitrogens with one attached hydrogen (secondary N) is 1. The molecule has 0 radical (unpaired) electrons. The molecule has 2 aromatic carbocycles. The number of rotatable bonds is 6. The molecule has 0 aromatic heterocycles. The number of anilines is 1. The van der Waals surface area contributed by atoms with Gasteiger partial charge in [-0.15, -0.1) is 0 Å². The number of hydrogen-bond donors (Lipinski definition) is 2. The molecule has 0 atom stereocenters. The monoisotopic (exact) mass is 355 g/mol. The Morgan fingerprint density at radius 1 is 1.00 bits per heavy atom. The van der Waals surface area contributed by atoms with E-state index in [0.29, 0.717) is 16.8 Å². The summed E-state index contributed by atoms with van der Waals surface area (Å²) in [4.78, 5) is 34.7. The summed E-state index contributed by atoms with van der Waals surface area (Å²) >= 11 is 0. The molecule has 0 saturated heterocycles. The maximum absolute atomic E-state index is 11.8. The number of methoxy groups -OCH3 is 2. The van der Waals surface area contributed by atoms with Crippen LogP contribution < -0.4 is 5.32 Å². The standard InChI is InChI=1S/C19H17NO6/c1-25-17(21)11-16(19(24)26-2)20-13-7-5-6-12(10-13)14-8-3-4-9-15(14)18(22)23/h3-11,20H,1-2H3,(H,22,23)/b16-11+. The number of esters is 2. The van der Waals surface area contributed by atoms with Crippen molar-refractivity contribution in [2.75, 3.05) is 19.5 Å². The molecule has 2 N–H and O–H groups in total. The second-order valence-electron chi connectivity index (χ2n) is 5.13. The first kappa shape index (κ1) is 18.7. The minimum atomic E-state index is -1.04. The zero-order chi connectivity index (χ0) is 19.1. The second-order valence-corrected chi connectivity index (χ2v) is 5.13. The highest BCUT2D eigenvalue weighted by Crippen LogP contribution is 2.26. The first-order valence-corrected chi connectivity index (χ1v) is 7.54. The van der Waals surface area contributed by atoms with Gasteiger partial charge < -0.3 is 19.9 Å². The summed E-state index contributed by atoms with van der Waals surface area (Å²) in [5, 5.41) is 12.1. The summed E-state index contributed by atoms with van der Waals surface area (Å²) in [6.07, 6.45) is 0.976. The fraction of sp³-hybridized carbons (Fsp3) is 0.105. The molecule has 0 fully saturated rings. The van der Waals surface area contributed by atoms with Gasteiger partial charge in [0.2, 0.25) is 0 Å². The highest BCUT2D eigenvalue weighted by atomic mass is 16.5. The second kappa shape index (κ2) is 8.48. The van der Waals surface area contributed by atoms with Crippen molar-refractivity contribution in [1.29, 1.82) is 0 Å². The van der Waals surface area contributed by atoms with Gasteiger partial charge in [-0.3, -0.25) is 0 Å². The minimum absolute atomic E-state index is 0.108. The lowest BCUT2D eigenvalue weighted by molar-refractivity contribution is -0.138. The first-order chi connectivity index (χ1) is 12.5. The number of carbonyl (C=O) groups excluding carboxylic acids is 2. The Labute approximate surface area is 149 Å². The lowest BCUT2D eigenvalue weighted by atomic mass is 9.99. The van der Waals surface area contributed by atoms with Crippen LogP contribution in [0.25, 0.3) is 11.1 Å². The van der Waals surface area contributed by atoms with E-state index >= 15 is 0 Å². The topological polar surface area (TPSA) is 102 Å². The molecule has 0 bridgehead atoms. The highest BCUT2D eigenvalue weighted by Gasteiger charge is 2.14. The average molecular weight is 355 g/mol. The van der Waals surface area contributed by atoms with Crippen molar-refractivity contribution in [3.05, 3.63) is 65.9 Å². The Kier molecular flexibility index (Phi) is 6.10. The summed E-state index contributed by atoms with van der Waals surface area (Å²) in [7, 11) is 2.38. The molecule has 2 rings (SSSR count). The van der Waals surface area contributed by atoms with E-state index in [2.05, 4.69) is 14.8 Å². The van der Waals surface area contributed by atoms with Crippen LogP contribution >= 0.6 is 0 Å². The molecule has 0 aliphatic rings. The van der Waals surface area contributed by atoms with Crippen molar-refractivity contribution in [3.8, 4) is 11.1 Å². The summed E-state index contributed by atoms with van der Waals surface area (Å²) in [6, 6.07) is 13.3. The number of ether oxygens (including phenoxy) is 2. The van der Waals surface area contributed by atoms with Gasteiger partial charge in [0.25, 0.3) is 0 Å². The van der Waals surface area contributed by atoms with Crippen molar-refractivity contribution in [2.45, 2.75) is 0 Å². The van der Waals surface area contributed by atoms with Crippen LogP contribution in [0.1, 0.15) is 10.4 Å². The predicted octanol–water partition coefficient (Wildman–Crippen LogP) is 2.69. The molecule has 0 saturated carbocycles. The third kappa shape index (κ3) is 4.47. The number of carbonyl (C=O) groups is 3. The Morgan fingerprint density at radius 2 is 1.73 bits per heavy atom. The zero-order valence-electron chi connectivity index (χ0n) is 14.2. The Morgan fingerprint density at radius 3 is 2.38 bits per heavy atom. The van der Waals surface area contributed by atoms with E-state index in [0.717, 1.165) is 6.08 Å². The van der Waals surface area contributed by atoms with E-state index in [1.807, 2.05) is 0 Å². The SMILES string of the molecule is COC(=O)/C=C(/Nc1cccc(-c2ccccc2C(=O)O)c1)C(=O)OC. The first-order valence-electron chi connectivity index (χ1n) is 7.54. The molecular formula is C19H17NO6. The van der Waals surface area contributed by atoms with Gasteiger partial charge in [-0.1, -0.05) is 30.3 Å². The van der Waals surface area contributed by atoms with Gasteiger partial charge in [0, 0.05) is 5.69 Å². The minimum Gasteiger partial charge on any atom is -0.478 e. The van der Waals surface area contributed by atoms with Gasteiger partial charge in [0.1, 0.15) is 5.70 Å². The molecule has 26 heavy (non-hydrogen) atoms. The van der Waals surface area contributed by atoms with Crippen molar-refractivity contribution in [2.24, 2.45) is 0 Å². The van der Waals surface area contributed by atoms with E-state index in [-0.39, 0.29) is 11.3 Å². The smallest absolute Gasteiger partial charge is 0.354 e. The number of benzene rings is 2. The van der Waals surface area contributed by atoms with Crippen LogP contribution in [0.3, 0.4) is 0 Å². The molecular weight excluding hydrogens is 338 g/mol. The van der Waals surface area contributed by atoms with Crippen molar-refractivity contribution >= 4 is 23.6 Å². The molecule has 2 aromatic rings. The summed E-state index contributed by atoms with van der Waals surface area (Å²) < 4.78 is 9.16. The van der Waals surface area contributed by atoms with Gasteiger partial charge in [-0.25, -0.2) is 14.4 Å². The van der Waals surface area contributed by atoms with Crippen LogP contribution in [0.2, 0.25) is 0 Å². The fourth-order valence-corrected chi connectivity index (χ4v) is 2.27. The largest absolute Gasteiger partial charge is 0.478 e. The maximum Gasteiger partial charge on any atom is 0.354 e. The molecule has 0 aliphatic heterocycles. The fourth-order valence-electron chi connectivity index (χ4n) is 2.27. The molecule has 0 heterocycles. The third-order valence-corrected chi connectivity index (χ3v) is 3.48. The molecule has 0 amide bonds. The summed E-state index contributed by atoms with van der Waals surface area (Å²) in [5.41, 5.74) is 1.68. The highest BCUT2D eigenvalue weighted by molar-refractivity contribution is 5.99. The molecule has 0 aliphatic carbocycles. The normalized spacial score (nSPS) is 10.8. The Hall–Kier alpha value is -3.61. The van der Waals surface area contributed by atoms with E-state index in [9.17, 15) is 19.5 Å². The quantitative estimate of drug-likeness (QED) is 0.607. The van der Waals surface area contributed by atoms with Crippen LogP contribution in [-0.2, 0) is 19.1 Å². The molecule has 0 unspecified atom stereocenters. The van der Waals surface area contributed by atoms with Crippen LogP contribution in [0.5, 0.6) is 0 Å². The Balaban J connectivity index is 2.40. The van der Waals surface area contributed by atoms with E-state index in [1.54, 1.807) is 42.5 Å². The van der Waals surface area contributed by atoms with Crippen molar-refractivity contribution < 1.29 is 29.0 Å². The predicted molar refractivity (Wildman–Crippen MR) is 94.6 cm³/mol. The lowest BCUT2D eigenvalue weighted by Gasteiger charge is -2.11. The van der Waals surface area contributed by atoms with E-state index in [1.165, 1.54) is 20.3 Å².